The Morgan fingerprint density at radius 1 is 1.24 bits per heavy atom. The molecule has 1 aromatic heterocycles. The van der Waals surface area contributed by atoms with E-state index in [0.717, 1.165) is 22.4 Å². The number of halogens is 1. The number of anilines is 1. The zero-order valence-electron chi connectivity index (χ0n) is 15.9. The van der Waals surface area contributed by atoms with Crippen molar-refractivity contribution in [3.63, 3.8) is 0 Å². The second kappa shape index (κ2) is 7.92. The van der Waals surface area contributed by atoms with Gasteiger partial charge in [0.25, 0.3) is 0 Å². The molecule has 1 fully saturated rings. The second-order valence-electron chi connectivity index (χ2n) is 6.86. The number of urea groups is 1. The lowest BCUT2D eigenvalue weighted by Crippen LogP contribution is -2.36. The first-order chi connectivity index (χ1) is 14.1. The van der Waals surface area contributed by atoms with Crippen molar-refractivity contribution in [2.75, 3.05) is 25.2 Å². The minimum absolute atomic E-state index is 0.126. The molecule has 1 saturated heterocycles. The van der Waals surface area contributed by atoms with Gasteiger partial charge in [-0.05, 0) is 35.4 Å². The van der Waals surface area contributed by atoms with Crippen LogP contribution in [-0.2, 0) is 6.54 Å². The normalized spacial score (nSPS) is 16.5. The first-order valence-electron chi connectivity index (χ1n) is 9.21. The molecule has 2 aromatic carbocycles. The van der Waals surface area contributed by atoms with Crippen LogP contribution in [0.1, 0.15) is 5.56 Å². The molecule has 150 valence electrons. The first-order valence-corrected chi connectivity index (χ1v) is 9.21. The molecule has 7 nitrogen and oxygen atoms in total. The lowest BCUT2D eigenvalue weighted by Gasteiger charge is -2.22. The van der Waals surface area contributed by atoms with Crippen molar-refractivity contribution in [1.29, 1.82) is 0 Å². The number of nitrogens with zero attached hydrogens (tertiary/aromatic N) is 3. The Morgan fingerprint density at radius 3 is 2.69 bits per heavy atom. The number of carbonyl (C=O) groups is 1. The number of ether oxygens (including phenoxy) is 1. The van der Waals surface area contributed by atoms with Crippen LogP contribution < -0.4 is 9.64 Å². The molecule has 0 saturated carbocycles. The van der Waals surface area contributed by atoms with Gasteiger partial charge < -0.3 is 14.7 Å². The predicted molar refractivity (Wildman–Crippen MR) is 106 cm³/mol. The van der Waals surface area contributed by atoms with Crippen LogP contribution in [0.15, 0.2) is 54.9 Å². The van der Waals surface area contributed by atoms with Gasteiger partial charge in [0.15, 0.2) is 11.6 Å². The summed E-state index contributed by atoms with van der Waals surface area (Å²) in [5.74, 6) is -0.330. The quantitative estimate of drug-likeness (QED) is 0.671. The molecule has 1 aliphatic rings. The van der Waals surface area contributed by atoms with E-state index in [2.05, 4.69) is 10.2 Å². The van der Waals surface area contributed by atoms with Crippen LogP contribution >= 0.6 is 0 Å². The Morgan fingerprint density at radius 2 is 2.03 bits per heavy atom. The molecule has 29 heavy (non-hydrogen) atoms. The van der Waals surface area contributed by atoms with Gasteiger partial charge in [-0.2, -0.15) is 5.10 Å². The van der Waals surface area contributed by atoms with Gasteiger partial charge in [-0.15, -0.1) is 0 Å². The number of aliphatic hydroxyl groups excluding tert-OH is 1. The van der Waals surface area contributed by atoms with Gasteiger partial charge >= 0.3 is 6.03 Å². The Bertz CT molecular complexity index is 992. The van der Waals surface area contributed by atoms with Gasteiger partial charge in [-0.25, -0.2) is 9.18 Å². The highest BCUT2D eigenvalue weighted by atomic mass is 19.1. The summed E-state index contributed by atoms with van der Waals surface area (Å²) >= 11 is 0. The fourth-order valence-corrected chi connectivity index (χ4v) is 3.51. The SMILES string of the molecule is COc1cc(CN2C(=O)N(c3ccc(-c4cn[nH]c4)cc3)C[C@H]2CO)ccc1F. The molecule has 2 heterocycles. The van der Waals surface area contributed by atoms with E-state index in [1.807, 2.05) is 24.3 Å². The maximum absolute atomic E-state index is 13.7. The van der Waals surface area contributed by atoms with Crippen LogP contribution in [0.4, 0.5) is 14.9 Å². The van der Waals surface area contributed by atoms with Gasteiger partial charge in [0.1, 0.15) is 0 Å². The fraction of sp³-hybridized carbons (Fsp3) is 0.238. The topological polar surface area (TPSA) is 81.7 Å². The van der Waals surface area contributed by atoms with E-state index < -0.39 is 5.82 Å². The highest BCUT2D eigenvalue weighted by Gasteiger charge is 2.37. The maximum atomic E-state index is 13.7. The molecule has 2 amide bonds. The standard InChI is InChI=1S/C21H21FN4O3/c1-29-20-8-14(2-7-19(20)22)11-25-18(13-27)12-26(21(25)28)17-5-3-15(4-6-17)16-9-23-24-10-16/h2-10,18,27H,11-13H2,1H3,(H,23,24)/t18-/m0/s1. The van der Waals surface area contributed by atoms with E-state index in [1.165, 1.54) is 13.2 Å². The largest absolute Gasteiger partial charge is 0.494 e. The van der Waals surface area contributed by atoms with Crippen LogP contribution in [0.3, 0.4) is 0 Å². The number of hydrogen-bond acceptors (Lipinski definition) is 4. The van der Waals surface area contributed by atoms with E-state index >= 15 is 0 Å². The molecule has 1 atom stereocenters. The summed E-state index contributed by atoms with van der Waals surface area (Å²) in [7, 11) is 1.40. The molecule has 3 aromatic rings. The summed E-state index contributed by atoms with van der Waals surface area (Å²) in [5.41, 5.74) is 3.43. The minimum atomic E-state index is -0.456. The number of aliphatic hydroxyl groups is 1. The van der Waals surface area contributed by atoms with Crippen LogP contribution in [0.25, 0.3) is 11.1 Å². The number of carbonyl (C=O) groups excluding carboxylic acids is 1. The predicted octanol–water partition coefficient (Wildman–Crippen LogP) is 3.03. The molecule has 8 heteroatoms. The average molecular weight is 396 g/mol. The summed E-state index contributed by atoms with van der Waals surface area (Å²) in [6, 6.07) is 11.5. The Balaban J connectivity index is 1.54. The zero-order chi connectivity index (χ0) is 20.4. The Hall–Kier alpha value is -3.39. The van der Waals surface area contributed by atoms with E-state index in [1.54, 1.807) is 34.3 Å². The molecular weight excluding hydrogens is 375 g/mol. The van der Waals surface area contributed by atoms with Gasteiger partial charge in [0, 0.05) is 24.0 Å². The third-order valence-electron chi connectivity index (χ3n) is 5.10. The summed E-state index contributed by atoms with van der Waals surface area (Å²) in [6.07, 6.45) is 3.53. The van der Waals surface area contributed by atoms with Gasteiger partial charge in [-0.1, -0.05) is 18.2 Å². The summed E-state index contributed by atoms with van der Waals surface area (Å²) < 4.78 is 18.7. The molecule has 0 unspecified atom stereocenters. The van der Waals surface area contributed by atoms with Crippen molar-refractivity contribution in [1.82, 2.24) is 15.1 Å². The minimum Gasteiger partial charge on any atom is -0.494 e. The summed E-state index contributed by atoms with van der Waals surface area (Å²) in [4.78, 5) is 16.3. The van der Waals surface area contributed by atoms with Gasteiger partial charge in [0.05, 0.1) is 32.5 Å². The molecule has 1 aliphatic heterocycles. The number of methoxy groups -OCH3 is 1. The Labute approximate surface area is 167 Å². The first kappa shape index (κ1) is 18.9. The lowest BCUT2D eigenvalue weighted by molar-refractivity contribution is 0.161. The van der Waals surface area contributed by atoms with Gasteiger partial charge in [0.2, 0.25) is 0 Å². The number of benzene rings is 2. The lowest BCUT2D eigenvalue weighted by atomic mass is 10.1. The number of rotatable bonds is 6. The number of aromatic amines is 1. The molecule has 2 N–H and O–H groups in total. The highest BCUT2D eigenvalue weighted by molar-refractivity contribution is 5.95. The fourth-order valence-electron chi connectivity index (χ4n) is 3.51. The number of amides is 2. The van der Waals surface area contributed by atoms with E-state index in [0.29, 0.717) is 6.54 Å². The van der Waals surface area contributed by atoms with Gasteiger partial charge in [-0.3, -0.25) is 10.00 Å². The average Bonchev–Trinajstić information content (AvgIpc) is 3.39. The van der Waals surface area contributed by atoms with Crippen molar-refractivity contribution < 1.29 is 19.0 Å². The molecule has 0 radical (unpaired) electrons. The van der Waals surface area contributed by atoms with Crippen molar-refractivity contribution in [3.05, 3.63) is 66.2 Å². The van der Waals surface area contributed by atoms with E-state index in [4.69, 9.17) is 4.74 Å². The maximum Gasteiger partial charge on any atom is 0.325 e. The van der Waals surface area contributed by atoms with Crippen molar-refractivity contribution in [2.24, 2.45) is 0 Å². The number of H-pyrrole nitrogens is 1. The summed E-state index contributed by atoms with van der Waals surface area (Å²) in [5, 5.41) is 16.5. The zero-order valence-corrected chi connectivity index (χ0v) is 15.9. The van der Waals surface area contributed by atoms with Crippen LogP contribution in [0, 0.1) is 5.82 Å². The van der Waals surface area contributed by atoms with E-state index in [-0.39, 0.29) is 31.0 Å². The van der Waals surface area contributed by atoms with Crippen molar-refractivity contribution in [3.8, 4) is 16.9 Å². The third kappa shape index (κ3) is 3.66. The second-order valence-corrected chi connectivity index (χ2v) is 6.86. The van der Waals surface area contributed by atoms with Crippen molar-refractivity contribution in [2.45, 2.75) is 12.6 Å². The number of hydrogen-bond donors (Lipinski definition) is 2. The third-order valence-corrected chi connectivity index (χ3v) is 5.10. The smallest absolute Gasteiger partial charge is 0.325 e. The van der Waals surface area contributed by atoms with Crippen LogP contribution in [-0.4, -0.2) is 52.5 Å². The number of aromatic nitrogens is 2. The van der Waals surface area contributed by atoms with Crippen molar-refractivity contribution >= 4 is 11.7 Å². The molecule has 0 bridgehead atoms. The summed E-state index contributed by atoms with van der Waals surface area (Å²) in [6.45, 7) is 0.469. The molecule has 0 spiro atoms. The van der Waals surface area contributed by atoms with E-state index in [9.17, 15) is 14.3 Å². The van der Waals surface area contributed by atoms with Crippen LogP contribution in [0.5, 0.6) is 5.75 Å². The molecular formula is C21H21FN4O3. The Kier molecular flexibility index (Phi) is 5.18. The number of nitrogens with one attached hydrogen (secondary N) is 1. The monoisotopic (exact) mass is 396 g/mol. The molecule has 0 aliphatic carbocycles. The highest BCUT2D eigenvalue weighted by Crippen LogP contribution is 2.29. The molecule has 4 rings (SSSR count). The van der Waals surface area contributed by atoms with Crippen LogP contribution in [0.2, 0.25) is 0 Å².